The number of quaternary nitrogens is 1. The van der Waals surface area contributed by atoms with Crippen LogP contribution < -0.4 is 4.90 Å². The van der Waals surface area contributed by atoms with Gasteiger partial charge in [0.25, 0.3) is 0 Å². The van der Waals surface area contributed by atoms with Crippen molar-refractivity contribution >= 4 is 11.8 Å². The summed E-state index contributed by atoms with van der Waals surface area (Å²) in [6.45, 7) is 8.50. The number of amides is 1. The first-order chi connectivity index (χ1) is 15.7. The molecule has 1 atom stereocenters. The summed E-state index contributed by atoms with van der Waals surface area (Å²) in [4.78, 5) is 15.0. The van der Waals surface area contributed by atoms with Crippen LogP contribution in [0.15, 0.2) is 60.7 Å². The van der Waals surface area contributed by atoms with E-state index in [0.717, 1.165) is 55.6 Å². The van der Waals surface area contributed by atoms with Crippen molar-refractivity contribution in [2.45, 2.75) is 45.3 Å². The molecule has 0 aliphatic carbocycles. The summed E-state index contributed by atoms with van der Waals surface area (Å²) in [5.74, 6) is 0.494. The van der Waals surface area contributed by atoms with Gasteiger partial charge in [0.2, 0.25) is 0 Å². The fourth-order valence-electron chi connectivity index (χ4n) is 5.13. The van der Waals surface area contributed by atoms with E-state index < -0.39 is 0 Å². The zero-order valence-electron chi connectivity index (χ0n) is 19.3. The normalized spacial score (nSPS) is 24.3. The summed E-state index contributed by atoms with van der Waals surface area (Å²) < 4.78 is 13.2. The number of para-hydroxylation sites is 1. The second kappa shape index (κ2) is 11.0. The van der Waals surface area contributed by atoms with E-state index in [1.54, 1.807) is 0 Å². The molecule has 3 heterocycles. The number of hydrogen-bond donors (Lipinski definition) is 0. The van der Waals surface area contributed by atoms with E-state index in [0.29, 0.717) is 19.1 Å². The molecular formula is C27H37N2O3+. The number of fused-ring (bicyclic) bond motifs is 3. The molecule has 5 rings (SSSR count). The summed E-state index contributed by atoms with van der Waals surface area (Å²) in [5, 5.41) is 0. The molecule has 3 saturated heterocycles. The minimum absolute atomic E-state index is 0.00645. The SMILES string of the molecule is CCCCN(C(=O)O[C@H]1C[N+]2(CCOCc3ccccc3)CCC1CC2)c1ccccc1. The van der Waals surface area contributed by atoms with Crippen molar-refractivity contribution in [3.63, 3.8) is 0 Å². The van der Waals surface area contributed by atoms with Gasteiger partial charge in [-0.05, 0) is 24.1 Å². The molecule has 0 saturated carbocycles. The van der Waals surface area contributed by atoms with Gasteiger partial charge in [-0.2, -0.15) is 0 Å². The number of benzene rings is 2. The Morgan fingerprint density at radius 2 is 1.72 bits per heavy atom. The highest BCUT2D eigenvalue weighted by atomic mass is 16.6. The fourth-order valence-corrected chi connectivity index (χ4v) is 5.13. The van der Waals surface area contributed by atoms with Gasteiger partial charge in [0.1, 0.15) is 13.1 Å². The van der Waals surface area contributed by atoms with Crippen molar-refractivity contribution in [3.05, 3.63) is 66.2 Å². The number of rotatable bonds is 10. The van der Waals surface area contributed by atoms with Gasteiger partial charge in [0.15, 0.2) is 6.10 Å². The van der Waals surface area contributed by atoms with Gasteiger partial charge in [-0.15, -0.1) is 0 Å². The molecule has 0 radical (unpaired) electrons. The van der Waals surface area contributed by atoms with Gasteiger partial charge in [-0.1, -0.05) is 61.9 Å². The fraction of sp³-hybridized carbons (Fsp3) is 0.519. The molecule has 2 bridgehead atoms. The molecule has 5 heteroatoms. The summed E-state index contributed by atoms with van der Waals surface area (Å²) >= 11 is 0. The minimum Gasteiger partial charge on any atom is -0.440 e. The van der Waals surface area contributed by atoms with Crippen LogP contribution in [-0.4, -0.2) is 56.0 Å². The van der Waals surface area contributed by atoms with Crippen molar-refractivity contribution in [2.75, 3.05) is 44.2 Å². The van der Waals surface area contributed by atoms with Gasteiger partial charge < -0.3 is 14.0 Å². The van der Waals surface area contributed by atoms with Crippen LogP contribution in [0.4, 0.5) is 10.5 Å². The molecule has 32 heavy (non-hydrogen) atoms. The lowest BCUT2D eigenvalue weighted by Gasteiger charge is -2.52. The highest BCUT2D eigenvalue weighted by Crippen LogP contribution is 2.36. The number of carbonyl (C=O) groups is 1. The number of unbranched alkanes of at least 4 members (excludes halogenated alkanes) is 1. The Labute approximate surface area is 192 Å². The van der Waals surface area contributed by atoms with E-state index >= 15 is 0 Å². The maximum Gasteiger partial charge on any atom is 0.414 e. The third-order valence-electron chi connectivity index (χ3n) is 7.14. The Balaban J connectivity index is 1.33. The van der Waals surface area contributed by atoms with Gasteiger partial charge in [-0.25, -0.2) is 4.79 Å². The Morgan fingerprint density at radius 3 is 2.41 bits per heavy atom. The summed E-state index contributed by atoms with van der Waals surface area (Å²) in [5.41, 5.74) is 2.13. The molecule has 0 spiro atoms. The van der Waals surface area contributed by atoms with Crippen LogP contribution in [0.1, 0.15) is 38.2 Å². The van der Waals surface area contributed by atoms with Crippen LogP contribution in [0.5, 0.6) is 0 Å². The topological polar surface area (TPSA) is 38.8 Å². The smallest absolute Gasteiger partial charge is 0.414 e. The van der Waals surface area contributed by atoms with Crippen LogP contribution in [-0.2, 0) is 16.1 Å². The zero-order chi connectivity index (χ0) is 22.2. The number of carbonyl (C=O) groups excluding carboxylic acids is 1. The number of anilines is 1. The molecule has 2 aromatic carbocycles. The van der Waals surface area contributed by atoms with E-state index in [4.69, 9.17) is 9.47 Å². The van der Waals surface area contributed by atoms with E-state index in [-0.39, 0.29) is 12.2 Å². The predicted octanol–water partition coefficient (Wildman–Crippen LogP) is 5.26. The largest absolute Gasteiger partial charge is 0.440 e. The molecule has 3 aliphatic rings. The second-order valence-electron chi connectivity index (χ2n) is 9.33. The van der Waals surface area contributed by atoms with E-state index in [1.807, 2.05) is 53.4 Å². The van der Waals surface area contributed by atoms with Crippen LogP contribution in [0.3, 0.4) is 0 Å². The van der Waals surface area contributed by atoms with Crippen LogP contribution in [0, 0.1) is 5.92 Å². The molecule has 172 valence electrons. The van der Waals surface area contributed by atoms with Crippen LogP contribution in [0.25, 0.3) is 0 Å². The van der Waals surface area contributed by atoms with Crippen molar-refractivity contribution in [2.24, 2.45) is 5.92 Å². The van der Waals surface area contributed by atoms with Gasteiger partial charge in [-0.3, -0.25) is 4.90 Å². The number of hydrogen-bond acceptors (Lipinski definition) is 3. The summed E-state index contributed by atoms with van der Waals surface area (Å²) in [6.07, 6.45) is 4.10. The molecule has 5 nitrogen and oxygen atoms in total. The molecule has 0 aromatic heterocycles. The van der Waals surface area contributed by atoms with Gasteiger partial charge in [0.05, 0.1) is 26.3 Å². The first-order valence-electron chi connectivity index (χ1n) is 12.2. The maximum atomic E-state index is 13.2. The average molecular weight is 438 g/mol. The highest BCUT2D eigenvalue weighted by Gasteiger charge is 2.47. The van der Waals surface area contributed by atoms with E-state index in [2.05, 4.69) is 19.1 Å². The molecule has 3 aliphatic heterocycles. The van der Waals surface area contributed by atoms with Crippen LogP contribution in [0.2, 0.25) is 0 Å². The van der Waals surface area contributed by atoms with Crippen molar-refractivity contribution in [1.29, 1.82) is 0 Å². The number of nitrogens with zero attached hydrogens (tertiary/aromatic N) is 2. The Kier molecular flexibility index (Phi) is 7.82. The zero-order valence-corrected chi connectivity index (χ0v) is 19.3. The Morgan fingerprint density at radius 1 is 1.03 bits per heavy atom. The Bertz CT molecular complexity index is 834. The third kappa shape index (κ3) is 5.70. The number of ether oxygens (including phenoxy) is 2. The highest BCUT2D eigenvalue weighted by molar-refractivity contribution is 5.87. The van der Waals surface area contributed by atoms with E-state index in [9.17, 15) is 4.79 Å². The van der Waals surface area contributed by atoms with Gasteiger partial charge in [0, 0.05) is 31.0 Å². The Hall–Kier alpha value is -2.37. The van der Waals surface area contributed by atoms with Crippen molar-refractivity contribution in [1.82, 2.24) is 0 Å². The quantitative estimate of drug-likeness (QED) is 0.376. The monoisotopic (exact) mass is 437 g/mol. The summed E-state index contributed by atoms with van der Waals surface area (Å²) in [7, 11) is 0. The van der Waals surface area contributed by atoms with Gasteiger partial charge >= 0.3 is 6.09 Å². The maximum absolute atomic E-state index is 13.2. The lowest BCUT2D eigenvalue weighted by molar-refractivity contribution is -0.946. The first-order valence-corrected chi connectivity index (χ1v) is 12.2. The predicted molar refractivity (Wildman–Crippen MR) is 128 cm³/mol. The van der Waals surface area contributed by atoms with Crippen molar-refractivity contribution in [3.8, 4) is 0 Å². The molecular weight excluding hydrogens is 400 g/mol. The molecule has 0 unspecified atom stereocenters. The summed E-state index contributed by atoms with van der Waals surface area (Å²) in [6, 6.07) is 20.3. The molecule has 2 aromatic rings. The number of piperidine rings is 3. The lowest BCUT2D eigenvalue weighted by Crippen LogP contribution is -2.65. The standard InChI is InChI=1S/C27H37N2O3/c1-2-3-16-28(25-12-8-5-9-13-25)27(30)32-26-21-29(17-14-24(26)15-18-29)19-20-31-22-23-10-6-4-7-11-23/h4-13,24,26H,2-3,14-22H2,1H3/q+1/t24?,26-,29?/m0/s1. The average Bonchev–Trinajstić information content (AvgIpc) is 2.84. The molecule has 3 fully saturated rings. The third-order valence-corrected chi connectivity index (χ3v) is 7.14. The second-order valence-corrected chi connectivity index (χ2v) is 9.33. The molecule has 1 amide bonds. The lowest BCUT2D eigenvalue weighted by atomic mass is 9.83. The van der Waals surface area contributed by atoms with Crippen molar-refractivity contribution < 1.29 is 18.8 Å². The molecule has 0 N–H and O–H groups in total. The first kappa shape index (κ1) is 22.8. The minimum atomic E-state index is -0.193. The van der Waals surface area contributed by atoms with E-state index in [1.165, 1.54) is 18.7 Å². The van der Waals surface area contributed by atoms with Crippen LogP contribution >= 0.6 is 0 Å².